The number of rotatable bonds is 7. The van der Waals surface area contributed by atoms with Crippen molar-refractivity contribution >= 4 is 23.5 Å². The number of halogens is 1. The highest BCUT2D eigenvalue weighted by molar-refractivity contribution is 7.98. The highest BCUT2D eigenvalue weighted by atomic mass is 32.2. The molecule has 182 valence electrons. The molecule has 0 amide bonds. The van der Waals surface area contributed by atoms with Gasteiger partial charge in [-0.25, -0.2) is 9.07 Å². The van der Waals surface area contributed by atoms with Crippen molar-refractivity contribution in [1.82, 2.24) is 14.8 Å². The summed E-state index contributed by atoms with van der Waals surface area (Å²) in [4.78, 5) is 17.8. The van der Waals surface area contributed by atoms with Crippen LogP contribution in [0.1, 0.15) is 36.4 Å². The van der Waals surface area contributed by atoms with Crippen LogP contribution >= 0.6 is 11.8 Å². The normalized spacial score (nSPS) is 16.9. The van der Waals surface area contributed by atoms with Crippen molar-refractivity contribution in [1.29, 1.82) is 0 Å². The number of nitrogens with one attached hydrogen (secondary N) is 1. The lowest BCUT2D eigenvalue weighted by atomic mass is 9.85. The first-order valence-electron chi connectivity index (χ1n) is 11.2. The van der Waals surface area contributed by atoms with Crippen LogP contribution in [0.4, 0.5) is 10.3 Å². The second-order valence-electron chi connectivity index (χ2n) is 8.20. The minimum atomic E-state index is -0.516. The number of carbonyl (C=O) groups excluding carboxylic acids is 1. The molecule has 2 aliphatic rings. The smallest absolute Gasteiger partial charge is 0.227 e. The predicted molar refractivity (Wildman–Crippen MR) is 130 cm³/mol. The SMILES string of the molecule is COc1cc(C2C3=C(CCCC3=O)Nc3nc(SCc4ccccc4F)nn32)cc(OC)c1OC. The summed E-state index contributed by atoms with van der Waals surface area (Å²) in [5.41, 5.74) is 2.85. The summed E-state index contributed by atoms with van der Waals surface area (Å²) < 4.78 is 32.4. The molecule has 1 aromatic heterocycles. The lowest BCUT2D eigenvalue weighted by Crippen LogP contribution is -2.31. The van der Waals surface area contributed by atoms with Crippen LogP contribution in [-0.2, 0) is 10.5 Å². The van der Waals surface area contributed by atoms with Crippen LogP contribution in [0.15, 0.2) is 52.8 Å². The molecule has 0 radical (unpaired) electrons. The quantitative estimate of drug-likeness (QED) is 0.469. The largest absolute Gasteiger partial charge is 0.493 e. The molecule has 5 rings (SSSR count). The molecule has 0 saturated carbocycles. The van der Waals surface area contributed by atoms with E-state index in [9.17, 15) is 9.18 Å². The molecule has 1 aliphatic carbocycles. The van der Waals surface area contributed by atoms with Crippen molar-refractivity contribution in [3.8, 4) is 17.2 Å². The average Bonchev–Trinajstić information content (AvgIpc) is 3.28. The topological polar surface area (TPSA) is 87.5 Å². The standard InChI is InChI=1S/C25H25FN4O4S/c1-32-19-11-15(12-20(33-2)23(19)34-3)22-21-17(9-6-10-18(21)31)27-24-28-25(29-30(22)24)35-13-14-7-4-5-8-16(14)26/h4-5,7-8,11-12,22H,6,9-10,13H2,1-3H3,(H,27,28,29). The molecular formula is C25H25FN4O4S. The summed E-state index contributed by atoms with van der Waals surface area (Å²) in [5, 5.41) is 8.52. The Labute approximate surface area is 206 Å². The number of methoxy groups -OCH3 is 3. The summed E-state index contributed by atoms with van der Waals surface area (Å²) in [6, 6.07) is 9.80. The van der Waals surface area contributed by atoms with Gasteiger partial charge in [0.05, 0.1) is 21.3 Å². The van der Waals surface area contributed by atoms with E-state index in [-0.39, 0.29) is 11.6 Å². The van der Waals surface area contributed by atoms with Gasteiger partial charge in [0.25, 0.3) is 0 Å². The van der Waals surface area contributed by atoms with Gasteiger partial charge >= 0.3 is 0 Å². The number of Topliss-reactive ketones (excluding diaryl/α,β-unsaturated/α-hetero) is 1. The van der Waals surface area contributed by atoms with E-state index in [0.29, 0.717) is 51.7 Å². The van der Waals surface area contributed by atoms with E-state index in [1.165, 1.54) is 17.8 Å². The van der Waals surface area contributed by atoms with Crippen molar-refractivity contribution < 1.29 is 23.4 Å². The van der Waals surface area contributed by atoms with Gasteiger partial charge in [-0.3, -0.25) is 4.79 Å². The number of fused-ring (bicyclic) bond motifs is 1. The number of ether oxygens (including phenoxy) is 3. The van der Waals surface area contributed by atoms with Crippen LogP contribution < -0.4 is 19.5 Å². The fraction of sp³-hybridized carbons (Fsp3) is 0.320. The summed E-state index contributed by atoms with van der Waals surface area (Å²) in [6.45, 7) is 0. The van der Waals surface area contributed by atoms with E-state index in [1.54, 1.807) is 44.2 Å². The Morgan fingerprint density at radius 2 is 1.86 bits per heavy atom. The Bertz CT molecular complexity index is 1300. The molecule has 35 heavy (non-hydrogen) atoms. The fourth-order valence-electron chi connectivity index (χ4n) is 4.52. The molecule has 0 bridgehead atoms. The molecule has 1 unspecified atom stereocenters. The van der Waals surface area contributed by atoms with Crippen LogP contribution in [0.25, 0.3) is 0 Å². The predicted octanol–water partition coefficient (Wildman–Crippen LogP) is 4.76. The molecule has 0 saturated heterocycles. The fourth-order valence-corrected chi connectivity index (χ4v) is 5.34. The van der Waals surface area contributed by atoms with E-state index in [2.05, 4.69) is 10.3 Å². The second-order valence-corrected chi connectivity index (χ2v) is 9.14. The summed E-state index contributed by atoms with van der Waals surface area (Å²) in [5.74, 6) is 2.17. The maximum atomic E-state index is 14.1. The Kier molecular flexibility index (Phi) is 6.38. The maximum Gasteiger partial charge on any atom is 0.227 e. The zero-order valence-electron chi connectivity index (χ0n) is 19.6. The average molecular weight is 497 g/mol. The molecule has 1 N–H and O–H groups in total. The highest BCUT2D eigenvalue weighted by Crippen LogP contribution is 2.45. The van der Waals surface area contributed by atoms with E-state index in [0.717, 1.165) is 24.1 Å². The van der Waals surface area contributed by atoms with Crippen molar-refractivity contribution in [3.05, 3.63) is 64.6 Å². The molecule has 1 aliphatic heterocycles. The van der Waals surface area contributed by atoms with Crippen molar-refractivity contribution in [2.24, 2.45) is 0 Å². The van der Waals surface area contributed by atoms with Crippen molar-refractivity contribution in [2.75, 3.05) is 26.6 Å². The number of anilines is 1. The van der Waals surface area contributed by atoms with Crippen LogP contribution in [0.3, 0.4) is 0 Å². The number of ketones is 1. The summed E-state index contributed by atoms with van der Waals surface area (Å²) in [7, 11) is 4.65. The van der Waals surface area contributed by atoms with Gasteiger partial charge in [-0.1, -0.05) is 30.0 Å². The van der Waals surface area contributed by atoms with Gasteiger partial charge < -0.3 is 19.5 Å². The van der Waals surface area contributed by atoms with Gasteiger partial charge in [-0.05, 0) is 42.2 Å². The van der Waals surface area contributed by atoms with Gasteiger partial charge in [0.2, 0.25) is 16.9 Å². The van der Waals surface area contributed by atoms with E-state index in [1.807, 2.05) is 12.1 Å². The molecule has 10 heteroatoms. The Morgan fingerprint density at radius 3 is 2.54 bits per heavy atom. The Hall–Kier alpha value is -3.53. The lowest BCUT2D eigenvalue weighted by molar-refractivity contribution is -0.116. The van der Waals surface area contributed by atoms with Gasteiger partial charge in [-0.2, -0.15) is 4.98 Å². The van der Waals surface area contributed by atoms with E-state index >= 15 is 0 Å². The molecule has 0 spiro atoms. The van der Waals surface area contributed by atoms with Crippen molar-refractivity contribution in [2.45, 2.75) is 36.2 Å². The molecule has 0 fully saturated rings. The molecule has 2 heterocycles. The number of benzene rings is 2. The summed E-state index contributed by atoms with van der Waals surface area (Å²) in [6.07, 6.45) is 1.99. The first-order valence-corrected chi connectivity index (χ1v) is 12.2. The van der Waals surface area contributed by atoms with E-state index in [4.69, 9.17) is 19.3 Å². The number of nitrogens with zero attached hydrogens (tertiary/aromatic N) is 3. The van der Waals surface area contributed by atoms with Gasteiger partial charge in [-0.15, -0.1) is 5.10 Å². The third-order valence-corrected chi connectivity index (χ3v) is 7.05. The monoisotopic (exact) mass is 496 g/mol. The first kappa shape index (κ1) is 23.2. The zero-order valence-corrected chi connectivity index (χ0v) is 20.4. The molecule has 8 nitrogen and oxygen atoms in total. The van der Waals surface area contributed by atoms with Crippen LogP contribution in [0.5, 0.6) is 17.2 Å². The van der Waals surface area contributed by atoms with Crippen LogP contribution in [-0.4, -0.2) is 41.9 Å². The Balaban J connectivity index is 1.58. The van der Waals surface area contributed by atoms with Gasteiger partial charge in [0.1, 0.15) is 11.9 Å². The zero-order chi connectivity index (χ0) is 24.5. The number of carbonyl (C=O) groups is 1. The number of hydrogen-bond acceptors (Lipinski definition) is 8. The third kappa shape index (κ3) is 4.22. The number of aromatic nitrogens is 3. The Morgan fingerprint density at radius 1 is 1.11 bits per heavy atom. The maximum absolute atomic E-state index is 14.1. The van der Waals surface area contributed by atoms with Crippen LogP contribution in [0.2, 0.25) is 0 Å². The minimum Gasteiger partial charge on any atom is -0.493 e. The second kappa shape index (κ2) is 9.61. The molecule has 1 atom stereocenters. The number of hydrogen-bond donors (Lipinski definition) is 1. The van der Waals surface area contributed by atoms with E-state index < -0.39 is 6.04 Å². The van der Waals surface area contributed by atoms with Crippen molar-refractivity contribution in [3.63, 3.8) is 0 Å². The first-order chi connectivity index (χ1) is 17.0. The highest BCUT2D eigenvalue weighted by Gasteiger charge is 2.37. The lowest BCUT2D eigenvalue weighted by Gasteiger charge is -2.32. The van der Waals surface area contributed by atoms with Gasteiger partial charge in [0.15, 0.2) is 17.3 Å². The molecule has 3 aromatic rings. The third-order valence-electron chi connectivity index (χ3n) is 6.17. The molecule has 2 aromatic carbocycles. The van der Waals surface area contributed by atoms with Crippen LogP contribution in [0, 0.1) is 5.82 Å². The summed E-state index contributed by atoms with van der Waals surface area (Å²) >= 11 is 1.34. The number of allylic oxidation sites excluding steroid dienone is 2. The minimum absolute atomic E-state index is 0.0687. The molecular weight excluding hydrogens is 471 g/mol. The van der Waals surface area contributed by atoms with Gasteiger partial charge in [0, 0.05) is 23.4 Å². The number of thioether (sulfide) groups is 1.